The van der Waals surface area contributed by atoms with Crippen molar-refractivity contribution in [3.05, 3.63) is 0 Å². The molecule has 1 aliphatic heterocycles. The number of hydrogen-bond acceptors (Lipinski definition) is 3. The Morgan fingerprint density at radius 3 is 2.56 bits per heavy atom. The number of aliphatic hydroxyl groups is 2. The molecule has 4 heteroatoms. The summed E-state index contributed by atoms with van der Waals surface area (Å²) in [5.74, 6) is 2.45. The monoisotopic (exact) mass is 412 g/mol. The van der Waals surface area contributed by atoms with Gasteiger partial charge in [0.2, 0.25) is 0 Å². The molecule has 2 N–H and O–H groups in total. The minimum atomic E-state index is -0.516. The number of halogens is 1. The van der Waals surface area contributed by atoms with Crippen LogP contribution in [0.4, 0.5) is 0 Å². The molecule has 5 fully saturated rings. The van der Waals surface area contributed by atoms with Crippen LogP contribution in [0.3, 0.4) is 0 Å². The van der Waals surface area contributed by atoms with Gasteiger partial charge in [0.25, 0.3) is 0 Å². The standard InChI is InChI=1S/C21H33BrO3/c1-12-8-13(23)10-21(22)17-9-14-15-5-7-19(3,24)18(15,2)6-4-16(14)20(12,21)11-25-17/h12-17,23-24H,4-11H2,1-3H3/t12-,13+,14+,15+,16+,17-,18+,19+,20-,21+/m1/s1. The SMILES string of the molecule is C[C@@H]1C[C@H](O)C[C@]2(Br)[C@H]3C[C@@H]4[C@H](CC[C@@]5(C)[C@H]4CC[C@]5(C)O)[C@@]12CO3. The molecule has 0 aromatic heterocycles. The van der Waals surface area contributed by atoms with Crippen LogP contribution in [-0.2, 0) is 4.74 Å². The molecule has 5 aliphatic rings. The molecular weight excluding hydrogens is 380 g/mol. The highest BCUT2D eigenvalue weighted by Crippen LogP contribution is 2.74. The minimum absolute atomic E-state index is 0.0485. The van der Waals surface area contributed by atoms with Crippen molar-refractivity contribution in [2.24, 2.45) is 34.5 Å². The Morgan fingerprint density at radius 2 is 1.80 bits per heavy atom. The highest BCUT2D eigenvalue weighted by molar-refractivity contribution is 9.10. The maximum Gasteiger partial charge on any atom is 0.0738 e. The van der Waals surface area contributed by atoms with Gasteiger partial charge in [0.05, 0.1) is 28.7 Å². The molecule has 1 heterocycles. The predicted molar refractivity (Wildman–Crippen MR) is 101 cm³/mol. The van der Waals surface area contributed by atoms with Gasteiger partial charge in [0, 0.05) is 5.41 Å². The fraction of sp³-hybridized carbons (Fsp3) is 1.00. The molecule has 142 valence electrons. The molecular formula is C21H33BrO3. The summed E-state index contributed by atoms with van der Waals surface area (Å²) in [5.41, 5.74) is -0.291. The molecule has 5 rings (SSSR count). The summed E-state index contributed by atoms with van der Waals surface area (Å²) in [4.78, 5) is 0. The molecule has 0 aromatic carbocycles. The van der Waals surface area contributed by atoms with Gasteiger partial charge in [-0.15, -0.1) is 0 Å². The van der Waals surface area contributed by atoms with Gasteiger partial charge >= 0.3 is 0 Å². The molecule has 3 nitrogen and oxygen atoms in total. The van der Waals surface area contributed by atoms with Crippen molar-refractivity contribution in [2.75, 3.05) is 6.61 Å². The summed E-state index contributed by atoms with van der Waals surface area (Å²) in [6, 6.07) is 0. The van der Waals surface area contributed by atoms with Crippen molar-refractivity contribution < 1.29 is 14.9 Å². The average Bonchev–Trinajstić information content (AvgIpc) is 2.85. The summed E-state index contributed by atoms with van der Waals surface area (Å²) < 4.78 is 6.39. The Balaban J connectivity index is 1.58. The summed E-state index contributed by atoms with van der Waals surface area (Å²) in [6.45, 7) is 7.64. The van der Waals surface area contributed by atoms with Gasteiger partial charge in [-0.2, -0.15) is 0 Å². The van der Waals surface area contributed by atoms with Crippen molar-refractivity contribution in [1.82, 2.24) is 0 Å². The molecule has 4 saturated carbocycles. The van der Waals surface area contributed by atoms with E-state index >= 15 is 0 Å². The second kappa shape index (κ2) is 5.04. The van der Waals surface area contributed by atoms with Crippen molar-refractivity contribution in [3.63, 3.8) is 0 Å². The minimum Gasteiger partial charge on any atom is -0.393 e. The van der Waals surface area contributed by atoms with Crippen LogP contribution in [-0.4, -0.2) is 39.0 Å². The molecule has 25 heavy (non-hydrogen) atoms. The van der Waals surface area contributed by atoms with Gasteiger partial charge in [-0.05, 0) is 81.0 Å². The van der Waals surface area contributed by atoms with E-state index in [1.807, 2.05) is 0 Å². The quantitative estimate of drug-likeness (QED) is 0.593. The Morgan fingerprint density at radius 1 is 1.08 bits per heavy atom. The van der Waals surface area contributed by atoms with Crippen LogP contribution in [0.25, 0.3) is 0 Å². The third kappa shape index (κ3) is 1.84. The van der Waals surface area contributed by atoms with Crippen LogP contribution in [0.5, 0.6) is 0 Å². The van der Waals surface area contributed by atoms with E-state index in [9.17, 15) is 10.2 Å². The van der Waals surface area contributed by atoms with E-state index in [4.69, 9.17) is 4.74 Å². The van der Waals surface area contributed by atoms with E-state index in [1.54, 1.807) is 0 Å². The molecule has 4 aliphatic carbocycles. The molecule has 10 atom stereocenters. The molecule has 1 saturated heterocycles. The van der Waals surface area contributed by atoms with Crippen LogP contribution in [0, 0.1) is 34.5 Å². The van der Waals surface area contributed by atoms with E-state index in [2.05, 4.69) is 36.7 Å². The third-order valence-corrected chi connectivity index (χ3v) is 11.6. The molecule has 2 bridgehead atoms. The first-order valence-electron chi connectivity index (χ1n) is 10.4. The maximum atomic E-state index is 11.1. The fourth-order valence-corrected chi connectivity index (χ4v) is 9.98. The van der Waals surface area contributed by atoms with Gasteiger partial charge in [0.1, 0.15) is 0 Å². The first kappa shape index (κ1) is 17.5. The van der Waals surface area contributed by atoms with Crippen LogP contribution < -0.4 is 0 Å². The zero-order valence-electron chi connectivity index (χ0n) is 15.8. The van der Waals surface area contributed by atoms with Gasteiger partial charge in [-0.25, -0.2) is 0 Å². The molecule has 0 aromatic rings. The Labute approximate surface area is 160 Å². The van der Waals surface area contributed by atoms with Crippen molar-refractivity contribution in [1.29, 1.82) is 0 Å². The molecule has 0 unspecified atom stereocenters. The second-order valence-electron chi connectivity index (χ2n) is 10.6. The molecule has 0 spiro atoms. The van der Waals surface area contributed by atoms with Crippen molar-refractivity contribution in [2.45, 2.75) is 87.9 Å². The lowest BCUT2D eigenvalue weighted by atomic mass is 9.42. The van der Waals surface area contributed by atoms with Crippen molar-refractivity contribution >= 4 is 15.9 Å². The number of aliphatic hydroxyl groups excluding tert-OH is 1. The Hall–Kier alpha value is 0.360. The smallest absolute Gasteiger partial charge is 0.0738 e. The van der Waals surface area contributed by atoms with E-state index in [0.717, 1.165) is 38.7 Å². The van der Waals surface area contributed by atoms with Crippen LogP contribution >= 0.6 is 15.9 Å². The lowest BCUT2D eigenvalue weighted by Gasteiger charge is -2.64. The fourth-order valence-electron chi connectivity index (χ4n) is 8.49. The summed E-state index contributed by atoms with van der Waals surface area (Å²) in [6.07, 6.45) is 7.32. The van der Waals surface area contributed by atoms with Gasteiger partial charge in [0.15, 0.2) is 0 Å². The first-order valence-corrected chi connectivity index (χ1v) is 11.2. The van der Waals surface area contributed by atoms with E-state index in [0.29, 0.717) is 23.7 Å². The highest BCUT2D eigenvalue weighted by atomic mass is 79.9. The zero-order valence-corrected chi connectivity index (χ0v) is 17.4. The van der Waals surface area contributed by atoms with E-state index in [1.165, 1.54) is 12.8 Å². The normalized spacial score (nSPS) is 66.0. The van der Waals surface area contributed by atoms with Gasteiger partial charge < -0.3 is 14.9 Å². The van der Waals surface area contributed by atoms with Crippen LogP contribution in [0.15, 0.2) is 0 Å². The predicted octanol–water partition coefficient (Wildman–Crippen LogP) is 3.89. The lowest BCUT2D eigenvalue weighted by molar-refractivity contribution is -0.151. The number of rotatable bonds is 0. The molecule has 0 radical (unpaired) electrons. The van der Waals surface area contributed by atoms with E-state index < -0.39 is 5.60 Å². The van der Waals surface area contributed by atoms with Gasteiger partial charge in [-0.1, -0.05) is 29.8 Å². The summed E-state index contributed by atoms with van der Waals surface area (Å²) >= 11 is 4.17. The van der Waals surface area contributed by atoms with Crippen molar-refractivity contribution in [3.8, 4) is 0 Å². The number of alkyl halides is 1. The number of ether oxygens (including phenoxy) is 1. The average molecular weight is 413 g/mol. The Kier molecular flexibility index (Phi) is 3.52. The summed E-state index contributed by atoms with van der Waals surface area (Å²) in [7, 11) is 0. The third-order valence-electron chi connectivity index (χ3n) is 9.99. The van der Waals surface area contributed by atoms with Crippen LogP contribution in [0.2, 0.25) is 0 Å². The van der Waals surface area contributed by atoms with Gasteiger partial charge in [-0.3, -0.25) is 0 Å². The lowest BCUT2D eigenvalue weighted by Crippen LogP contribution is -2.66. The largest absolute Gasteiger partial charge is 0.393 e. The topological polar surface area (TPSA) is 49.7 Å². The Bertz CT molecular complexity index is 594. The van der Waals surface area contributed by atoms with E-state index in [-0.39, 0.29) is 27.4 Å². The highest BCUT2D eigenvalue weighted by Gasteiger charge is 2.74. The molecule has 0 amide bonds. The second-order valence-corrected chi connectivity index (χ2v) is 12.0. The number of hydrogen-bond donors (Lipinski definition) is 2. The van der Waals surface area contributed by atoms with Crippen LogP contribution in [0.1, 0.15) is 65.7 Å². The number of fused-ring (bicyclic) bond motifs is 3. The maximum absolute atomic E-state index is 11.1. The first-order chi connectivity index (χ1) is 11.7. The summed E-state index contributed by atoms with van der Waals surface area (Å²) in [5, 5.41) is 21.6. The zero-order chi connectivity index (χ0) is 17.8.